The molecule has 0 aliphatic carbocycles. The maximum Gasteiger partial charge on any atom is 0.147 e. The Labute approximate surface area is 124 Å². The molecule has 1 aromatic heterocycles. The minimum atomic E-state index is 0.463. The van der Waals surface area contributed by atoms with Crippen LogP contribution < -0.4 is 10.1 Å². The molecule has 0 fully saturated rings. The maximum atomic E-state index is 5.85. The summed E-state index contributed by atoms with van der Waals surface area (Å²) in [6.45, 7) is 5.67. The first-order valence-electron chi connectivity index (χ1n) is 7.26. The van der Waals surface area contributed by atoms with Crippen LogP contribution in [0.2, 0.25) is 0 Å². The Balaban J connectivity index is 1.89. The quantitative estimate of drug-likeness (QED) is 0.576. The molecule has 0 unspecified atom stereocenters. The minimum Gasteiger partial charge on any atom is -0.490 e. The molecule has 0 radical (unpaired) electrons. The van der Waals surface area contributed by atoms with Crippen LogP contribution in [0.4, 0.5) is 0 Å². The smallest absolute Gasteiger partial charge is 0.147 e. The zero-order chi connectivity index (χ0) is 14.7. The van der Waals surface area contributed by atoms with Crippen LogP contribution in [0.15, 0.2) is 42.5 Å². The Morgan fingerprint density at radius 2 is 1.67 bits per heavy atom. The standard InChI is InChI=1S/C17H19N3O/c1-12(2)18-10-11-21-16-9-5-8-15-17(16)20-14-7-4-3-6-13(14)19-15/h3-9,12,18H,10-11H2,1-2H3. The summed E-state index contributed by atoms with van der Waals surface area (Å²) in [4.78, 5) is 9.32. The van der Waals surface area contributed by atoms with Gasteiger partial charge in [0.25, 0.3) is 0 Å². The average molecular weight is 281 g/mol. The number of benzene rings is 2. The molecular weight excluding hydrogens is 262 g/mol. The van der Waals surface area contributed by atoms with Crippen LogP contribution in [0.3, 0.4) is 0 Å². The van der Waals surface area contributed by atoms with E-state index in [1.54, 1.807) is 0 Å². The number of hydrogen-bond acceptors (Lipinski definition) is 4. The average Bonchev–Trinajstić information content (AvgIpc) is 2.49. The molecule has 1 N–H and O–H groups in total. The van der Waals surface area contributed by atoms with Crippen molar-refractivity contribution in [2.24, 2.45) is 0 Å². The van der Waals surface area contributed by atoms with Gasteiger partial charge in [0.05, 0.1) is 16.6 Å². The predicted octanol–water partition coefficient (Wildman–Crippen LogP) is 3.16. The Bertz CT molecular complexity index is 755. The summed E-state index contributed by atoms with van der Waals surface area (Å²) >= 11 is 0. The first-order chi connectivity index (χ1) is 10.2. The van der Waals surface area contributed by atoms with E-state index in [0.29, 0.717) is 12.6 Å². The highest BCUT2D eigenvalue weighted by Crippen LogP contribution is 2.24. The van der Waals surface area contributed by atoms with Gasteiger partial charge >= 0.3 is 0 Å². The van der Waals surface area contributed by atoms with E-state index in [0.717, 1.165) is 34.4 Å². The number of rotatable bonds is 5. The summed E-state index contributed by atoms with van der Waals surface area (Å²) in [5.74, 6) is 0.788. The van der Waals surface area contributed by atoms with Gasteiger partial charge in [0, 0.05) is 12.6 Å². The number of fused-ring (bicyclic) bond motifs is 2. The van der Waals surface area contributed by atoms with Crippen molar-refractivity contribution in [3.05, 3.63) is 42.5 Å². The van der Waals surface area contributed by atoms with E-state index in [1.165, 1.54) is 0 Å². The Hall–Kier alpha value is -2.20. The van der Waals surface area contributed by atoms with Gasteiger partial charge in [0.2, 0.25) is 0 Å². The summed E-state index contributed by atoms with van der Waals surface area (Å²) in [5, 5.41) is 3.33. The molecule has 4 heteroatoms. The number of aromatic nitrogens is 2. The lowest BCUT2D eigenvalue weighted by Gasteiger charge is -2.11. The number of nitrogens with zero attached hydrogens (tertiary/aromatic N) is 2. The molecule has 0 spiro atoms. The highest BCUT2D eigenvalue weighted by molar-refractivity contribution is 5.89. The summed E-state index contributed by atoms with van der Waals surface area (Å²) in [7, 11) is 0. The molecule has 2 aromatic carbocycles. The lowest BCUT2D eigenvalue weighted by molar-refractivity contribution is 0.312. The summed E-state index contributed by atoms with van der Waals surface area (Å²) in [6.07, 6.45) is 0. The van der Waals surface area contributed by atoms with Gasteiger partial charge in [0.1, 0.15) is 17.9 Å². The van der Waals surface area contributed by atoms with Crippen LogP contribution in [0.1, 0.15) is 13.8 Å². The molecule has 3 aromatic rings. The van der Waals surface area contributed by atoms with Gasteiger partial charge < -0.3 is 10.1 Å². The lowest BCUT2D eigenvalue weighted by atomic mass is 10.2. The van der Waals surface area contributed by atoms with Crippen LogP contribution in [-0.2, 0) is 0 Å². The zero-order valence-corrected chi connectivity index (χ0v) is 12.3. The number of ether oxygens (including phenoxy) is 1. The third kappa shape index (κ3) is 3.11. The lowest BCUT2D eigenvalue weighted by Crippen LogP contribution is -2.27. The van der Waals surface area contributed by atoms with E-state index in [2.05, 4.69) is 29.1 Å². The van der Waals surface area contributed by atoms with E-state index in [-0.39, 0.29) is 0 Å². The van der Waals surface area contributed by atoms with Crippen molar-refractivity contribution in [3.63, 3.8) is 0 Å². The fourth-order valence-corrected chi connectivity index (χ4v) is 2.24. The van der Waals surface area contributed by atoms with Gasteiger partial charge in [-0.25, -0.2) is 9.97 Å². The number of hydrogen-bond donors (Lipinski definition) is 1. The third-order valence-corrected chi connectivity index (χ3v) is 3.24. The second kappa shape index (κ2) is 6.06. The molecular formula is C17H19N3O. The van der Waals surface area contributed by atoms with Crippen molar-refractivity contribution in [1.29, 1.82) is 0 Å². The second-order valence-corrected chi connectivity index (χ2v) is 5.29. The van der Waals surface area contributed by atoms with Crippen molar-refractivity contribution in [1.82, 2.24) is 15.3 Å². The molecule has 3 rings (SSSR count). The van der Waals surface area contributed by atoms with Gasteiger partial charge in [-0.3, -0.25) is 0 Å². The van der Waals surface area contributed by atoms with E-state index >= 15 is 0 Å². The Kier molecular flexibility index (Phi) is 3.97. The van der Waals surface area contributed by atoms with Gasteiger partial charge in [0.15, 0.2) is 0 Å². The predicted molar refractivity (Wildman–Crippen MR) is 85.7 cm³/mol. The van der Waals surface area contributed by atoms with Crippen molar-refractivity contribution in [2.75, 3.05) is 13.2 Å². The van der Waals surface area contributed by atoms with Gasteiger partial charge in [-0.1, -0.05) is 32.0 Å². The highest BCUT2D eigenvalue weighted by Gasteiger charge is 2.06. The molecule has 0 amide bonds. The molecule has 0 atom stereocenters. The molecule has 0 bridgehead atoms. The highest BCUT2D eigenvalue weighted by atomic mass is 16.5. The van der Waals surface area contributed by atoms with Crippen molar-refractivity contribution >= 4 is 22.1 Å². The molecule has 0 saturated heterocycles. The topological polar surface area (TPSA) is 47.0 Å². The van der Waals surface area contributed by atoms with Crippen molar-refractivity contribution < 1.29 is 4.74 Å². The summed E-state index contributed by atoms with van der Waals surface area (Å²) in [6, 6.07) is 14.2. The first kappa shape index (κ1) is 13.8. The molecule has 1 heterocycles. The monoisotopic (exact) mass is 281 g/mol. The zero-order valence-electron chi connectivity index (χ0n) is 12.3. The van der Waals surface area contributed by atoms with Gasteiger partial charge in [-0.05, 0) is 24.3 Å². The van der Waals surface area contributed by atoms with Crippen molar-refractivity contribution in [3.8, 4) is 5.75 Å². The minimum absolute atomic E-state index is 0.463. The summed E-state index contributed by atoms with van der Waals surface area (Å²) < 4.78 is 5.85. The van der Waals surface area contributed by atoms with Crippen LogP contribution in [0.25, 0.3) is 22.1 Å². The maximum absolute atomic E-state index is 5.85. The number of para-hydroxylation sites is 3. The van der Waals surface area contributed by atoms with Crippen LogP contribution >= 0.6 is 0 Å². The van der Waals surface area contributed by atoms with Crippen LogP contribution in [0, 0.1) is 0 Å². The van der Waals surface area contributed by atoms with Crippen LogP contribution in [-0.4, -0.2) is 29.2 Å². The largest absolute Gasteiger partial charge is 0.490 e. The van der Waals surface area contributed by atoms with E-state index in [9.17, 15) is 0 Å². The van der Waals surface area contributed by atoms with Crippen LogP contribution in [0.5, 0.6) is 5.75 Å². The van der Waals surface area contributed by atoms with E-state index < -0.39 is 0 Å². The van der Waals surface area contributed by atoms with Gasteiger partial charge in [-0.2, -0.15) is 0 Å². The first-order valence-corrected chi connectivity index (χ1v) is 7.26. The van der Waals surface area contributed by atoms with E-state index in [1.807, 2.05) is 42.5 Å². The SMILES string of the molecule is CC(C)NCCOc1cccc2nc3ccccc3nc12. The summed E-state index contributed by atoms with van der Waals surface area (Å²) in [5.41, 5.74) is 3.48. The molecule has 0 aliphatic rings. The molecule has 0 saturated carbocycles. The molecule has 21 heavy (non-hydrogen) atoms. The Morgan fingerprint density at radius 1 is 0.952 bits per heavy atom. The van der Waals surface area contributed by atoms with Gasteiger partial charge in [-0.15, -0.1) is 0 Å². The molecule has 108 valence electrons. The molecule has 4 nitrogen and oxygen atoms in total. The Morgan fingerprint density at radius 3 is 2.43 bits per heavy atom. The fourth-order valence-electron chi connectivity index (χ4n) is 2.24. The third-order valence-electron chi connectivity index (χ3n) is 3.24. The molecule has 0 aliphatic heterocycles. The number of nitrogens with one attached hydrogen (secondary N) is 1. The fraction of sp³-hybridized carbons (Fsp3) is 0.294. The van der Waals surface area contributed by atoms with Crippen molar-refractivity contribution in [2.45, 2.75) is 19.9 Å². The normalized spacial score (nSPS) is 11.4. The van der Waals surface area contributed by atoms with E-state index in [4.69, 9.17) is 4.74 Å². The second-order valence-electron chi connectivity index (χ2n) is 5.29.